The van der Waals surface area contributed by atoms with Gasteiger partial charge in [-0.3, -0.25) is 0 Å². The number of nitrogens with two attached hydrogens (primary N) is 1. The zero-order chi connectivity index (χ0) is 12.0. The Bertz CT molecular complexity index is 314. The fourth-order valence-corrected chi connectivity index (χ4v) is 1.60. The largest absolute Gasteiger partial charge is 0.396 e. The Morgan fingerprint density at radius 3 is 2.81 bits per heavy atom. The third kappa shape index (κ3) is 3.01. The van der Waals surface area contributed by atoms with Gasteiger partial charge in [0.05, 0.1) is 11.8 Å². The molecule has 0 aromatic carbocycles. The highest BCUT2D eigenvalue weighted by Gasteiger charge is 2.17. The van der Waals surface area contributed by atoms with Gasteiger partial charge in [0.25, 0.3) is 0 Å². The highest BCUT2D eigenvalue weighted by atomic mass is 16.5. The first kappa shape index (κ1) is 13.1. The molecule has 1 atom stereocenters. The maximum Gasteiger partial charge on any atom is 0.102 e. The molecule has 0 bridgehead atoms. The molecule has 0 aliphatic heterocycles. The lowest BCUT2D eigenvalue weighted by molar-refractivity contribution is 0.110. The minimum Gasteiger partial charge on any atom is -0.396 e. The maximum atomic E-state index is 8.73. The van der Waals surface area contributed by atoms with E-state index in [-0.39, 0.29) is 12.7 Å². The van der Waals surface area contributed by atoms with Crippen LogP contribution in [0.2, 0.25) is 0 Å². The Hall–Kier alpha value is -0.980. The summed E-state index contributed by atoms with van der Waals surface area (Å²) in [7, 11) is 1.65. The second-order valence-corrected chi connectivity index (χ2v) is 3.66. The number of methoxy groups -OCH3 is 1. The molecule has 1 unspecified atom stereocenters. The van der Waals surface area contributed by atoms with Gasteiger partial charge in [0.15, 0.2) is 0 Å². The molecule has 0 aliphatic carbocycles. The van der Waals surface area contributed by atoms with E-state index in [0.29, 0.717) is 6.54 Å². The first-order valence-electron chi connectivity index (χ1n) is 5.50. The van der Waals surface area contributed by atoms with E-state index in [1.165, 1.54) is 0 Å². The quantitative estimate of drug-likeness (QED) is 0.652. The zero-order valence-electron chi connectivity index (χ0n) is 9.89. The minimum absolute atomic E-state index is 0.0670. The Morgan fingerprint density at radius 2 is 2.25 bits per heavy atom. The van der Waals surface area contributed by atoms with E-state index >= 15 is 0 Å². The number of aliphatic hydroxyl groups excluding tert-OH is 1. The van der Waals surface area contributed by atoms with Gasteiger partial charge in [0.1, 0.15) is 5.69 Å². The van der Waals surface area contributed by atoms with Gasteiger partial charge in [0, 0.05) is 26.8 Å². The molecule has 0 saturated carbocycles. The molecule has 3 N–H and O–H groups in total. The van der Waals surface area contributed by atoms with Crippen LogP contribution < -0.4 is 5.73 Å². The first-order valence-corrected chi connectivity index (χ1v) is 5.50. The molecule has 0 amide bonds. The van der Waals surface area contributed by atoms with Crippen molar-refractivity contribution in [2.45, 2.75) is 39.0 Å². The number of nitrogens with zero attached hydrogens (tertiary/aromatic N) is 3. The fourth-order valence-electron chi connectivity index (χ4n) is 1.60. The van der Waals surface area contributed by atoms with E-state index in [4.69, 9.17) is 15.6 Å². The summed E-state index contributed by atoms with van der Waals surface area (Å²) in [4.78, 5) is 0. The topological polar surface area (TPSA) is 86.2 Å². The van der Waals surface area contributed by atoms with Crippen LogP contribution in [-0.4, -0.2) is 33.8 Å². The average molecular weight is 228 g/mol. The predicted octanol–water partition coefficient (Wildman–Crippen LogP) is 0.217. The first-order chi connectivity index (χ1) is 7.74. The molecular formula is C10H20N4O2. The summed E-state index contributed by atoms with van der Waals surface area (Å²) in [5, 5.41) is 16.8. The molecular weight excluding hydrogens is 208 g/mol. The summed E-state index contributed by atoms with van der Waals surface area (Å²) in [5.74, 6) is 0. The average Bonchev–Trinajstić information content (AvgIpc) is 2.71. The third-order valence-electron chi connectivity index (χ3n) is 2.56. The number of rotatable bonds is 7. The lowest BCUT2D eigenvalue weighted by Gasteiger charge is -2.13. The molecule has 6 heteroatoms. The van der Waals surface area contributed by atoms with Crippen molar-refractivity contribution in [2.24, 2.45) is 5.73 Å². The van der Waals surface area contributed by atoms with Crippen molar-refractivity contribution in [3.05, 3.63) is 11.4 Å². The summed E-state index contributed by atoms with van der Waals surface area (Å²) in [6, 6.07) is 0. The van der Waals surface area contributed by atoms with E-state index in [1.54, 1.807) is 7.11 Å². The molecule has 92 valence electrons. The number of aryl methyl sites for hydroxylation is 1. The second-order valence-electron chi connectivity index (χ2n) is 3.66. The Morgan fingerprint density at radius 1 is 1.50 bits per heavy atom. The van der Waals surface area contributed by atoms with Crippen molar-refractivity contribution < 1.29 is 9.84 Å². The number of unbranched alkanes of at least 4 members (excludes halogenated alkanes) is 1. The van der Waals surface area contributed by atoms with Gasteiger partial charge >= 0.3 is 0 Å². The summed E-state index contributed by atoms with van der Waals surface area (Å²) < 4.78 is 7.09. The van der Waals surface area contributed by atoms with Gasteiger partial charge in [-0.1, -0.05) is 5.21 Å². The van der Waals surface area contributed by atoms with Gasteiger partial charge < -0.3 is 15.6 Å². The molecule has 16 heavy (non-hydrogen) atoms. The molecule has 0 spiro atoms. The van der Waals surface area contributed by atoms with Crippen LogP contribution in [0.5, 0.6) is 0 Å². The van der Waals surface area contributed by atoms with Gasteiger partial charge in [-0.25, -0.2) is 4.68 Å². The van der Waals surface area contributed by atoms with Crippen LogP contribution in [0.15, 0.2) is 0 Å². The van der Waals surface area contributed by atoms with Crippen LogP contribution in [0.25, 0.3) is 0 Å². The number of aliphatic hydroxyl groups is 1. The molecule has 0 radical (unpaired) electrons. The van der Waals surface area contributed by atoms with Crippen molar-refractivity contribution >= 4 is 0 Å². The highest BCUT2D eigenvalue weighted by Crippen LogP contribution is 2.18. The molecule has 0 aliphatic rings. The molecule has 0 fully saturated rings. The predicted molar refractivity (Wildman–Crippen MR) is 59.7 cm³/mol. The van der Waals surface area contributed by atoms with Crippen molar-refractivity contribution in [2.75, 3.05) is 13.7 Å². The molecule has 1 rings (SSSR count). The summed E-state index contributed by atoms with van der Waals surface area (Å²) >= 11 is 0. The van der Waals surface area contributed by atoms with E-state index < -0.39 is 0 Å². The van der Waals surface area contributed by atoms with Crippen molar-refractivity contribution in [1.82, 2.24) is 15.0 Å². The summed E-state index contributed by atoms with van der Waals surface area (Å²) in [5.41, 5.74) is 7.31. The van der Waals surface area contributed by atoms with Crippen LogP contribution in [0.1, 0.15) is 37.3 Å². The highest BCUT2D eigenvalue weighted by molar-refractivity contribution is 5.12. The van der Waals surface area contributed by atoms with Gasteiger partial charge in [-0.2, -0.15) is 0 Å². The van der Waals surface area contributed by atoms with Crippen LogP contribution in [0, 0.1) is 0 Å². The standard InChI is InChI=1S/C10H20N4O2/c1-8(16-2)10-9(7-11)12-13-14(10)5-3-4-6-15/h8,15H,3-7,11H2,1-2H3. The smallest absolute Gasteiger partial charge is 0.102 e. The lowest BCUT2D eigenvalue weighted by atomic mass is 10.2. The van der Waals surface area contributed by atoms with Gasteiger partial charge in [-0.15, -0.1) is 5.10 Å². The number of hydrogen-bond donors (Lipinski definition) is 2. The maximum absolute atomic E-state index is 8.73. The zero-order valence-corrected chi connectivity index (χ0v) is 9.89. The molecule has 1 aromatic heterocycles. The van der Waals surface area contributed by atoms with Crippen LogP contribution in [-0.2, 0) is 17.8 Å². The van der Waals surface area contributed by atoms with E-state index in [9.17, 15) is 0 Å². The third-order valence-corrected chi connectivity index (χ3v) is 2.56. The van der Waals surface area contributed by atoms with Crippen molar-refractivity contribution in [3.63, 3.8) is 0 Å². The summed E-state index contributed by atoms with van der Waals surface area (Å²) in [6.07, 6.45) is 1.56. The molecule has 6 nitrogen and oxygen atoms in total. The van der Waals surface area contributed by atoms with Gasteiger partial charge in [0.2, 0.25) is 0 Å². The van der Waals surface area contributed by atoms with Crippen LogP contribution in [0.4, 0.5) is 0 Å². The molecule has 1 aromatic rings. The van der Waals surface area contributed by atoms with Crippen molar-refractivity contribution in [3.8, 4) is 0 Å². The molecule has 1 heterocycles. The second kappa shape index (κ2) is 6.57. The Balaban J connectivity index is 2.78. The lowest BCUT2D eigenvalue weighted by Crippen LogP contribution is -2.12. The fraction of sp³-hybridized carbons (Fsp3) is 0.800. The van der Waals surface area contributed by atoms with E-state index in [1.807, 2.05) is 11.6 Å². The monoisotopic (exact) mass is 228 g/mol. The number of aromatic nitrogens is 3. The summed E-state index contributed by atoms with van der Waals surface area (Å²) in [6.45, 7) is 3.24. The van der Waals surface area contributed by atoms with E-state index in [0.717, 1.165) is 30.8 Å². The van der Waals surface area contributed by atoms with E-state index in [2.05, 4.69) is 10.3 Å². The van der Waals surface area contributed by atoms with Crippen molar-refractivity contribution in [1.29, 1.82) is 0 Å². The Labute approximate surface area is 95.4 Å². The molecule has 0 saturated heterocycles. The van der Waals surface area contributed by atoms with Gasteiger partial charge in [-0.05, 0) is 19.8 Å². The minimum atomic E-state index is -0.0670. The normalized spacial score (nSPS) is 13.0. The number of ether oxygens (including phenoxy) is 1. The SMILES string of the molecule is COC(C)c1c(CN)nnn1CCCCO. The Kier molecular flexibility index (Phi) is 5.37. The van der Waals surface area contributed by atoms with Crippen LogP contribution >= 0.6 is 0 Å². The van der Waals surface area contributed by atoms with Crippen LogP contribution in [0.3, 0.4) is 0 Å². The number of hydrogen-bond acceptors (Lipinski definition) is 5.